The molecule has 176 valence electrons. The smallest absolute Gasteiger partial charge is 0.224 e. The molecule has 0 aromatic heterocycles. The molecule has 0 bridgehead atoms. The predicted molar refractivity (Wildman–Crippen MR) is 127 cm³/mol. The molecule has 1 amide bonds. The molecule has 2 fully saturated rings. The zero-order chi connectivity index (χ0) is 22.7. The van der Waals surface area contributed by atoms with Gasteiger partial charge in [-0.3, -0.25) is 14.7 Å². The second-order valence-electron chi connectivity index (χ2n) is 8.72. The number of aliphatic hydroxyl groups excluding tert-OH is 2. The van der Waals surface area contributed by atoms with Crippen LogP contribution in [-0.2, 0) is 9.53 Å². The van der Waals surface area contributed by atoms with Crippen molar-refractivity contribution in [2.75, 3.05) is 63.7 Å². The third-order valence-corrected chi connectivity index (χ3v) is 7.60. The molecular weight excluding hydrogens is 430 g/mol. The molecule has 0 radical (unpaired) electrons. The molecule has 2 heterocycles. The quantitative estimate of drug-likeness (QED) is 0.474. The number of nitrogens with one attached hydrogen (secondary N) is 2. The van der Waals surface area contributed by atoms with Gasteiger partial charge in [0, 0.05) is 56.9 Å². The topological polar surface area (TPSA) is 110 Å². The third kappa shape index (κ3) is 5.37. The fourth-order valence-corrected chi connectivity index (χ4v) is 5.74. The second kappa shape index (κ2) is 10.4. The number of amides is 1. The number of ether oxygens (including phenoxy) is 1. The van der Waals surface area contributed by atoms with Gasteiger partial charge in [-0.05, 0) is 30.7 Å². The summed E-state index contributed by atoms with van der Waals surface area (Å²) in [4.78, 5) is 21.9. The first-order valence-electron chi connectivity index (χ1n) is 11.1. The number of carbonyl (C=O) groups is 1. The number of carbonyl (C=O) groups excluding carboxylic acids is 1. The number of thioether (sulfide) groups is 1. The van der Waals surface area contributed by atoms with Gasteiger partial charge < -0.3 is 30.5 Å². The van der Waals surface area contributed by atoms with Crippen LogP contribution in [-0.4, -0.2) is 103 Å². The van der Waals surface area contributed by atoms with E-state index >= 15 is 0 Å². The van der Waals surface area contributed by atoms with E-state index < -0.39 is 24.2 Å². The molecule has 4 N–H and O–H groups in total. The van der Waals surface area contributed by atoms with E-state index in [0.717, 1.165) is 44.2 Å². The number of nitrogens with zero attached hydrogens (tertiary/aromatic N) is 3. The maximum atomic E-state index is 13.0. The average molecular weight is 464 g/mol. The van der Waals surface area contributed by atoms with Gasteiger partial charge in [-0.15, -0.1) is 0 Å². The lowest BCUT2D eigenvalue weighted by molar-refractivity contribution is -0.129. The molecule has 1 saturated carbocycles. The number of aliphatic imine (C=N–C) groups is 1. The van der Waals surface area contributed by atoms with Crippen molar-refractivity contribution in [3.05, 3.63) is 24.3 Å². The van der Waals surface area contributed by atoms with Crippen LogP contribution in [0.1, 0.15) is 6.42 Å². The van der Waals surface area contributed by atoms with Crippen molar-refractivity contribution in [1.82, 2.24) is 10.2 Å². The van der Waals surface area contributed by atoms with Crippen LogP contribution in [0.4, 0.5) is 11.4 Å². The first-order chi connectivity index (χ1) is 15.4. The number of rotatable bonds is 6. The van der Waals surface area contributed by atoms with Gasteiger partial charge in [0.1, 0.15) is 6.10 Å². The van der Waals surface area contributed by atoms with E-state index in [9.17, 15) is 15.0 Å². The molecule has 4 rings (SSSR count). The van der Waals surface area contributed by atoms with E-state index in [4.69, 9.17) is 4.74 Å². The Labute approximate surface area is 193 Å². The van der Waals surface area contributed by atoms with Gasteiger partial charge in [0.2, 0.25) is 5.91 Å². The van der Waals surface area contributed by atoms with Gasteiger partial charge in [0.15, 0.2) is 5.17 Å². The highest BCUT2D eigenvalue weighted by atomic mass is 32.2. The minimum Gasteiger partial charge on any atom is -0.390 e. The number of aliphatic hydroxyl groups is 2. The van der Waals surface area contributed by atoms with Crippen LogP contribution in [0.3, 0.4) is 0 Å². The largest absolute Gasteiger partial charge is 0.390 e. The molecule has 32 heavy (non-hydrogen) atoms. The molecule has 9 nitrogen and oxygen atoms in total. The Hall–Kier alpha value is -1.85. The van der Waals surface area contributed by atoms with Crippen LogP contribution in [0.5, 0.6) is 0 Å². The summed E-state index contributed by atoms with van der Waals surface area (Å²) in [7, 11) is 3.98. The number of hydrogen-bond donors (Lipinski definition) is 4. The summed E-state index contributed by atoms with van der Waals surface area (Å²) in [5, 5.41) is 27.7. The molecule has 5 atom stereocenters. The standard InChI is InChI=1S/C22H33N5O4S/c1-26(2)15-5-3-14(4-6-15)24-22-25-18-19(29)17(28)13-16(20(18)32-22)21(30)23-7-8-27-9-11-31-12-10-27/h3-6,16-20,28-29H,7-13H2,1-2H3,(H,23,30)(H,24,25)/t16-,17+,18+,19-,20+/m0/s1. The van der Waals surface area contributed by atoms with E-state index in [0.29, 0.717) is 11.7 Å². The number of benzene rings is 1. The summed E-state index contributed by atoms with van der Waals surface area (Å²) in [5.74, 6) is -0.495. The van der Waals surface area contributed by atoms with Gasteiger partial charge in [0.25, 0.3) is 0 Å². The van der Waals surface area contributed by atoms with Crippen LogP contribution in [0, 0.1) is 5.92 Å². The first kappa shape index (κ1) is 23.3. The van der Waals surface area contributed by atoms with Crippen molar-refractivity contribution < 1.29 is 19.7 Å². The Balaban J connectivity index is 1.36. The highest BCUT2D eigenvalue weighted by molar-refractivity contribution is 8.15. The summed E-state index contributed by atoms with van der Waals surface area (Å²) in [6, 6.07) is 7.46. The van der Waals surface area contributed by atoms with Crippen LogP contribution < -0.4 is 15.5 Å². The number of morpholine rings is 1. The summed E-state index contributed by atoms with van der Waals surface area (Å²) < 4.78 is 5.36. The molecule has 1 aromatic carbocycles. The maximum Gasteiger partial charge on any atom is 0.224 e. The molecule has 0 spiro atoms. The molecule has 1 aliphatic carbocycles. The first-order valence-corrected chi connectivity index (χ1v) is 12.0. The molecular formula is C22H33N5O4S. The van der Waals surface area contributed by atoms with Crippen molar-refractivity contribution in [2.45, 2.75) is 29.9 Å². The zero-order valence-corrected chi connectivity index (χ0v) is 19.4. The van der Waals surface area contributed by atoms with Gasteiger partial charge >= 0.3 is 0 Å². The summed E-state index contributed by atoms with van der Waals surface area (Å²) in [6.07, 6.45) is -1.70. The number of anilines is 2. The number of hydrogen-bond acceptors (Lipinski definition) is 9. The van der Waals surface area contributed by atoms with Gasteiger partial charge in [-0.2, -0.15) is 0 Å². The van der Waals surface area contributed by atoms with E-state index in [1.54, 1.807) is 0 Å². The molecule has 3 aliphatic rings. The van der Waals surface area contributed by atoms with Crippen LogP contribution >= 0.6 is 11.8 Å². The molecule has 0 unspecified atom stereocenters. The van der Waals surface area contributed by atoms with Crippen molar-refractivity contribution in [3.63, 3.8) is 0 Å². The molecule has 10 heteroatoms. The third-order valence-electron chi connectivity index (χ3n) is 6.29. The Morgan fingerprint density at radius 2 is 1.97 bits per heavy atom. The van der Waals surface area contributed by atoms with E-state index in [1.165, 1.54) is 11.8 Å². The van der Waals surface area contributed by atoms with E-state index in [-0.39, 0.29) is 17.6 Å². The Bertz CT molecular complexity index is 815. The normalized spacial score (nSPS) is 30.4. The Kier molecular flexibility index (Phi) is 7.57. The van der Waals surface area contributed by atoms with Crippen molar-refractivity contribution >= 4 is 34.2 Å². The van der Waals surface area contributed by atoms with Gasteiger partial charge in [0.05, 0.1) is 31.3 Å². The SMILES string of the molecule is CN(C)c1ccc(NC2=N[C@@H]3[C@@H](O)[C@H](O)C[C@H](C(=O)NCCN4CCOCC4)[C@H]3S2)cc1. The van der Waals surface area contributed by atoms with Crippen molar-refractivity contribution in [1.29, 1.82) is 0 Å². The van der Waals surface area contributed by atoms with E-state index in [2.05, 4.69) is 20.5 Å². The summed E-state index contributed by atoms with van der Waals surface area (Å²) in [5.41, 5.74) is 1.99. The maximum absolute atomic E-state index is 13.0. The number of fused-ring (bicyclic) bond motifs is 1. The molecule has 1 saturated heterocycles. The lowest BCUT2D eigenvalue weighted by atomic mass is 9.81. The Morgan fingerprint density at radius 3 is 2.66 bits per heavy atom. The van der Waals surface area contributed by atoms with Crippen LogP contribution in [0.15, 0.2) is 29.3 Å². The lowest BCUT2D eigenvalue weighted by Gasteiger charge is -2.37. The highest BCUT2D eigenvalue weighted by Gasteiger charge is 2.50. The highest BCUT2D eigenvalue weighted by Crippen LogP contribution is 2.41. The van der Waals surface area contributed by atoms with Gasteiger partial charge in [-0.25, -0.2) is 0 Å². The number of amidine groups is 1. The van der Waals surface area contributed by atoms with Gasteiger partial charge in [-0.1, -0.05) is 11.8 Å². The fraction of sp³-hybridized carbons (Fsp3) is 0.636. The predicted octanol–water partition coefficient (Wildman–Crippen LogP) is 0.195. The average Bonchev–Trinajstić information content (AvgIpc) is 3.21. The fourth-order valence-electron chi connectivity index (χ4n) is 4.37. The second-order valence-corrected chi connectivity index (χ2v) is 9.89. The van der Waals surface area contributed by atoms with Crippen LogP contribution in [0.25, 0.3) is 0 Å². The molecule has 1 aromatic rings. The van der Waals surface area contributed by atoms with Crippen molar-refractivity contribution in [3.8, 4) is 0 Å². The van der Waals surface area contributed by atoms with Crippen molar-refractivity contribution in [2.24, 2.45) is 10.9 Å². The molecule has 2 aliphatic heterocycles. The Morgan fingerprint density at radius 1 is 1.25 bits per heavy atom. The summed E-state index contributed by atoms with van der Waals surface area (Å²) >= 11 is 1.47. The van der Waals surface area contributed by atoms with Crippen LogP contribution in [0.2, 0.25) is 0 Å². The monoisotopic (exact) mass is 463 g/mol. The lowest BCUT2D eigenvalue weighted by Crippen LogP contribution is -2.54. The minimum absolute atomic E-state index is 0.0847. The zero-order valence-electron chi connectivity index (χ0n) is 18.6. The minimum atomic E-state index is -0.972. The van der Waals surface area contributed by atoms with E-state index in [1.807, 2.05) is 43.3 Å². The summed E-state index contributed by atoms with van der Waals surface area (Å²) in [6.45, 7) is 4.55.